The number of nitrogens with zero attached hydrogens (tertiary/aromatic N) is 2. The summed E-state index contributed by atoms with van der Waals surface area (Å²) in [5.41, 5.74) is 4.21. The number of anilines is 1. The summed E-state index contributed by atoms with van der Waals surface area (Å²) in [7, 11) is 0. The van der Waals surface area contributed by atoms with Crippen LogP contribution in [0.15, 0.2) is 28.9 Å². The summed E-state index contributed by atoms with van der Waals surface area (Å²) in [4.78, 5) is 0. The van der Waals surface area contributed by atoms with Crippen LogP contribution in [-0.2, 0) is 12.0 Å². The second-order valence-corrected chi connectivity index (χ2v) is 5.45. The monoisotopic (exact) mass is 245 g/mol. The van der Waals surface area contributed by atoms with Crippen molar-refractivity contribution < 1.29 is 4.63 Å². The van der Waals surface area contributed by atoms with Gasteiger partial charge in [-0.3, -0.25) is 0 Å². The summed E-state index contributed by atoms with van der Waals surface area (Å²) in [5.74, 6) is 0. The van der Waals surface area contributed by atoms with Crippen molar-refractivity contribution in [2.24, 2.45) is 0 Å². The number of aryl methyl sites for hydroxylation is 1. The van der Waals surface area contributed by atoms with Gasteiger partial charge in [-0.05, 0) is 24.0 Å². The Kier molecular flexibility index (Phi) is 3.36. The minimum atomic E-state index is 0.112. The van der Waals surface area contributed by atoms with Gasteiger partial charge in [0.2, 0.25) is 0 Å². The molecular formula is C14H19N3O. The molecule has 1 N–H and O–H groups in total. The van der Waals surface area contributed by atoms with Crippen LogP contribution in [0.4, 0.5) is 5.69 Å². The van der Waals surface area contributed by atoms with Crippen LogP contribution in [0.3, 0.4) is 0 Å². The molecule has 0 aliphatic heterocycles. The highest BCUT2D eigenvalue weighted by atomic mass is 16.6. The van der Waals surface area contributed by atoms with Gasteiger partial charge in [-0.15, -0.1) is 0 Å². The van der Waals surface area contributed by atoms with E-state index in [-0.39, 0.29) is 5.41 Å². The van der Waals surface area contributed by atoms with E-state index in [9.17, 15) is 0 Å². The van der Waals surface area contributed by atoms with Crippen molar-refractivity contribution in [3.8, 4) is 0 Å². The van der Waals surface area contributed by atoms with E-state index in [1.54, 1.807) is 0 Å². The Labute approximate surface area is 107 Å². The lowest BCUT2D eigenvalue weighted by Crippen LogP contribution is -2.15. The zero-order chi connectivity index (χ0) is 13.2. The molecule has 96 valence electrons. The van der Waals surface area contributed by atoms with E-state index in [2.05, 4.69) is 54.6 Å². The van der Waals surface area contributed by atoms with Crippen LogP contribution in [0.1, 0.15) is 37.7 Å². The number of rotatable bonds is 3. The first kappa shape index (κ1) is 12.6. The summed E-state index contributed by atoms with van der Waals surface area (Å²) >= 11 is 0. The van der Waals surface area contributed by atoms with Gasteiger partial charge >= 0.3 is 0 Å². The molecule has 1 heterocycles. The maximum atomic E-state index is 4.69. The summed E-state index contributed by atoms with van der Waals surface area (Å²) in [5, 5.41) is 11.0. The minimum Gasteiger partial charge on any atom is -0.379 e. The molecule has 0 spiro atoms. The van der Waals surface area contributed by atoms with Gasteiger partial charge in [-0.1, -0.05) is 49.3 Å². The van der Waals surface area contributed by atoms with Gasteiger partial charge in [0.05, 0.1) is 6.54 Å². The van der Waals surface area contributed by atoms with Crippen molar-refractivity contribution in [2.45, 2.75) is 39.7 Å². The molecule has 18 heavy (non-hydrogen) atoms. The van der Waals surface area contributed by atoms with E-state index in [1.165, 1.54) is 5.56 Å². The molecule has 0 fully saturated rings. The van der Waals surface area contributed by atoms with Gasteiger partial charge in [0.25, 0.3) is 0 Å². The largest absolute Gasteiger partial charge is 0.379 e. The Bertz CT molecular complexity index is 526. The van der Waals surface area contributed by atoms with E-state index in [0.29, 0.717) is 6.54 Å². The third-order valence-electron chi connectivity index (χ3n) is 2.93. The Morgan fingerprint density at radius 2 is 1.89 bits per heavy atom. The first-order chi connectivity index (χ1) is 8.48. The highest BCUT2D eigenvalue weighted by Gasteiger charge is 2.17. The predicted octanol–water partition coefficient (Wildman–Crippen LogP) is 3.29. The Morgan fingerprint density at radius 1 is 1.17 bits per heavy atom. The molecule has 0 aliphatic rings. The lowest BCUT2D eigenvalue weighted by atomic mass is 9.86. The number of benzene rings is 1. The summed E-state index contributed by atoms with van der Waals surface area (Å²) in [6.07, 6.45) is 0. The summed E-state index contributed by atoms with van der Waals surface area (Å²) in [6.45, 7) is 9.13. The second kappa shape index (κ2) is 4.80. The van der Waals surface area contributed by atoms with Gasteiger partial charge < -0.3 is 5.32 Å². The van der Waals surface area contributed by atoms with E-state index < -0.39 is 0 Å². The molecule has 1 aromatic heterocycles. The minimum absolute atomic E-state index is 0.112. The third kappa shape index (κ3) is 2.70. The number of nitrogens with one attached hydrogen (secondary N) is 1. The van der Waals surface area contributed by atoms with Gasteiger partial charge in [0.1, 0.15) is 11.4 Å². The Balaban J connectivity index is 2.17. The standard InChI is InChI=1S/C14H19N3O/c1-10-13(17-18-16-10)9-15-12-8-6-5-7-11(12)14(2,3)4/h5-8,15H,9H2,1-4H3. The fourth-order valence-electron chi connectivity index (χ4n) is 1.88. The molecule has 2 rings (SSSR count). The lowest BCUT2D eigenvalue weighted by Gasteiger charge is -2.23. The molecule has 0 atom stereocenters. The van der Waals surface area contributed by atoms with Gasteiger partial charge in [-0.25, -0.2) is 4.63 Å². The fraction of sp³-hybridized carbons (Fsp3) is 0.429. The molecule has 0 bridgehead atoms. The summed E-state index contributed by atoms with van der Waals surface area (Å²) < 4.78 is 4.69. The molecule has 0 aliphatic carbocycles. The van der Waals surface area contributed by atoms with Crippen LogP contribution in [0.2, 0.25) is 0 Å². The zero-order valence-corrected chi connectivity index (χ0v) is 11.3. The van der Waals surface area contributed by atoms with E-state index in [4.69, 9.17) is 4.63 Å². The summed E-state index contributed by atoms with van der Waals surface area (Å²) in [6, 6.07) is 8.33. The highest BCUT2D eigenvalue weighted by molar-refractivity contribution is 5.54. The average Bonchev–Trinajstić information content (AvgIpc) is 2.71. The van der Waals surface area contributed by atoms with Gasteiger partial charge in [-0.2, -0.15) is 0 Å². The van der Waals surface area contributed by atoms with Crippen LogP contribution in [-0.4, -0.2) is 10.3 Å². The van der Waals surface area contributed by atoms with Crippen LogP contribution < -0.4 is 5.32 Å². The van der Waals surface area contributed by atoms with Crippen molar-refractivity contribution in [3.05, 3.63) is 41.2 Å². The van der Waals surface area contributed by atoms with E-state index >= 15 is 0 Å². The molecule has 2 aromatic rings. The first-order valence-electron chi connectivity index (χ1n) is 6.10. The van der Waals surface area contributed by atoms with E-state index in [0.717, 1.165) is 17.1 Å². The first-order valence-corrected chi connectivity index (χ1v) is 6.10. The highest BCUT2D eigenvalue weighted by Crippen LogP contribution is 2.29. The molecule has 0 saturated carbocycles. The van der Waals surface area contributed by atoms with Crippen LogP contribution in [0.5, 0.6) is 0 Å². The molecule has 0 amide bonds. The van der Waals surface area contributed by atoms with Crippen molar-refractivity contribution >= 4 is 5.69 Å². The number of aromatic nitrogens is 2. The Hall–Kier alpha value is -1.84. The van der Waals surface area contributed by atoms with Crippen molar-refractivity contribution in [3.63, 3.8) is 0 Å². The normalized spacial score (nSPS) is 11.6. The molecular weight excluding hydrogens is 226 g/mol. The fourth-order valence-corrected chi connectivity index (χ4v) is 1.88. The smallest absolute Gasteiger partial charge is 0.127 e. The van der Waals surface area contributed by atoms with Crippen LogP contribution in [0, 0.1) is 6.92 Å². The number of hydrogen-bond donors (Lipinski definition) is 1. The SMILES string of the molecule is Cc1nonc1CNc1ccccc1C(C)(C)C. The number of para-hydroxylation sites is 1. The lowest BCUT2D eigenvalue weighted by molar-refractivity contribution is 0.301. The molecule has 4 heteroatoms. The van der Waals surface area contributed by atoms with Crippen LogP contribution in [0.25, 0.3) is 0 Å². The maximum absolute atomic E-state index is 4.69. The molecule has 0 radical (unpaired) electrons. The quantitative estimate of drug-likeness (QED) is 0.901. The molecule has 4 nitrogen and oxygen atoms in total. The predicted molar refractivity (Wildman–Crippen MR) is 71.5 cm³/mol. The third-order valence-corrected chi connectivity index (χ3v) is 2.93. The van der Waals surface area contributed by atoms with Crippen LogP contribution >= 0.6 is 0 Å². The Morgan fingerprint density at radius 3 is 2.50 bits per heavy atom. The molecule has 0 saturated heterocycles. The van der Waals surface area contributed by atoms with Crippen molar-refractivity contribution in [1.29, 1.82) is 0 Å². The van der Waals surface area contributed by atoms with Crippen molar-refractivity contribution in [1.82, 2.24) is 10.3 Å². The zero-order valence-electron chi connectivity index (χ0n) is 11.3. The van der Waals surface area contributed by atoms with Gasteiger partial charge in [0.15, 0.2) is 0 Å². The van der Waals surface area contributed by atoms with E-state index in [1.807, 2.05) is 13.0 Å². The second-order valence-electron chi connectivity index (χ2n) is 5.45. The molecule has 0 unspecified atom stereocenters. The number of hydrogen-bond acceptors (Lipinski definition) is 4. The maximum Gasteiger partial charge on any atom is 0.127 e. The van der Waals surface area contributed by atoms with Crippen molar-refractivity contribution in [2.75, 3.05) is 5.32 Å². The average molecular weight is 245 g/mol. The molecule has 1 aromatic carbocycles. The topological polar surface area (TPSA) is 51.0 Å². The van der Waals surface area contributed by atoms with Gasteiger partial charge in [0, 0.05) is 5.69 Å².